The van der Waals surface area contributed by atoms with Crippen molar-refractivity contribution in [3.8, 4) is 16.3 Å². The lowest BCUT2D eigenvalue weighted by Gasteiger charge is -2.05. The van der Waals surface area contributed by atoms with Crippen LogP contribution in [0.1, 0.15) is 16.3 Å². The van der Waals surface area contributed by atoms with Gasteiger partial charge in [0.1, 0.15) is 22.4 Å². The number of hydrogen-bond acceptors (Lipinski definition) is 6. The van der Waals surface area contributed by atoms with Gasteiger partial charge in [0.05, 0.1) is 12.1 Å². The molecule has 0 aliphatic carbocycles. The molecule has 146 valence electrons. The first kappa shape index (κ1) is 19.3. The number of amides is 1. The van der Waals surface area contributed by atoms with Gasteiger partial charge in [-0.2, -0.15) is 0 Å². The lowest BCUT2D eigenvalue weighted by Crippen LogP contribution is -2.14. The predicted molar refractivity (Wildman–Crippen MR) is 118 cm³/mol. The molecule has 2 heterocycles. The molecule has 5 nitrogen and oxygen atoms in total. The molecule has 0 radical (unpaired) electrons. The quantitative estimate of drug-likeness (QED) is 0.438. The molecule has 0 atom stereocenters. The Bertz CT molecular complexity index is 1070. The van der Waals surface area contributed by atoms with E-state index >= 15 is 0 Å². The van der Waals surface area contributed by atoms with Crippen LogP contribution < -0.4 is 10.1 Å². The van der Waals surface area contributed by atoms with Gasteiger partial charge in [0.15, 0.2) is 0 Å². The predicted octanol–water partition coefficient (Wildman–Crippen LogP) is 5.34. The molecular weight excluding hydrogens is 402 g/mol. The van der Waals surface area contributed by atoms with Crippen LogP contribution >= 0.6 is 22.7 Å². The molecular formula is C22H19N3O2S2. The fourth-order valence-electron chi connectivity index (χ4n) is 2.71. The Labute approximate surface area is 177 Å². The van der Waals surface area contributed by atoms with E-state index in [0.29, 0.717) is 6.61 Å². The fourth-order valence-corrected chi connectivity index (χ4v) is 4.06. The third-order valence-corrected chi connectivity index (χ3v) is 5.87. The summed E-state index contributed by atoms with van der Waals surface area (Å²) in [5.74, 6) is 0.717. The lowest BCUT2D eigenvalue weighted by atomic mass is 10.2. The average molecular weight is 422 g/mol. The Kier molecular flexibility index (Phi) is 5.97. The molecule has 0 bridgehead atoms. The summed E-state index contributed by atoms with van der Waals surface area (Å²) in [5, 5.41) is 8.57. The van der Waals surface area contributed by atoms with Crippen LogP contribution in [0.4, 0.5) is 5.69 Å². The number of hydrogen-bond donors (Lipinski definition) is 1. The first-order valence-electron chi connectivity index (χ1n) is 9.08. The maximum atomic E-state index is 12.3. The van der Waals surface area contributed by atoms with Crippen LogP contribution in [-0.4, -0.2) is 15.9 Å². The molecule has 0 aliphatic heterocycles. The van der Waals surface area contributed by atoms with E-state index in [-0.39, 0.29) is 12.3 Å². The van der Waals surface area contributed by atoms with Crippen molar-refractivity contribution in [1.29, 1.82) is 0 Å². The summed E-state index contributed by atoms with van der Waals surface area (Å²) in [7, 11) is 0. The molecule has 1 amide bonds. The topological polar surface area (TPSA) is 64.1 Å². The molecule has 1 N–H and O–H groups in total. The van der Waals surface area contributed by atoms with Gasteiger partial charge >= 0.3 is 0 Å². The van der Waals surface area contributed by atoms with Crippen molar-refractivity contribution in [2.75, 3.05) is 5.32 Å². The third-order valence-electron chi connectivity index (χ3n) is 4.17. The standard InChI is InChI=1S/C22H19N3O2S2/c1-15-2-8-19(9-3-15)27-13-21-25-18(14-29-21)12-20(26)24-17-6-4-16(5-7-17)22-23-10-11-28-22/h2-11,14H,12-13H2,1H3,(H,24,26). The molecule has 0 saturated heterocycles. The van der Waals surface area contributed by atoms with Gasteiger partial charge in [-0.05, 0) is 43.3 Å². The molecule has 2 aromatic carbocycles. The Morgan fingerprint density at radius 3 is 2.59 bits per heavy atom. The first-order valence-corrected chi connectivity index (χ1v) is 10.8. The SMILES string of the molecule is Cc1ccc(OCc2nc(CC(=O)Nc3ccc(-c4nccs4)cc3)cs2)cc1. The third kappa shape index (κ3) is 5.28. The van der Waals surface area contributed by atoms with E-state index in [4.69, 9.17) is 4.74 Å². The Balaban J connectivity index is 1.29. The Morgan fingerprint density at radius 2 is 1.86 bits per heavy atom. The van der Waals surface area contributed by atoms with E-state index in [1.54, 1.807) is 17.5 Å². The summed E-state index contributed by atoms with van der Waals surface area (Å²) < 4.78 is 5.75. The molecule has 0 unspecified atom stereocenters. The number of benzene rings is 2. The van der Waals surface area contributed by atoms with Crippen LogP contribution in [0.2, 0.25) is 0 Å². The summed E-state index contributed by atoms with van der Waals surface area (Å²) in [6.45, 7) is 2.44. The number of nitrogens with zero attached hydrogens (tertiary/aromatic N) is 2. The van der Waals surface area contributed by atoms with Crippen LogP contribution in [0.15, 0.2) is 65.5 Å². The summed E-state index contributed by atoms with van der Waals surface area (Å²) >= 11 is 3.09. The summed E-state index contributed by atoms with van der Waals surface area (Å²) in [5.41, 5.74) is 3.73. The number of rotatable bonds is 7. The zero-order valence-corrected chi connectivity index (χ0v) is 17.4. The Morgan fingerprint density at radius 1 is 1.07 bits per heavy atom. The number of carbonyl (C=O) groups excluding carboxylic acids is 1. The molecule has 4 aromatic rings. The highest BCUT2D eigenvalue weighted by molar-refractivity contribution is 7.13. The minimum Gasteiger partial charge on any atom is -0.486 e. The highest BCUT2D eigenvalue weighted by Crippen LogP contribution is 2.23. The molecule has 0 saturated carbocycles. The number of aromatic nitrogens is 2. The maximum absolute atomic E-state index is 12.3. The summed E-state index contributed by atoms with van der Waals surface area (Å²) in [4.78, 5) is 21.1. The van der Waals surface area contributed by atoms with Crippen LogP contribution in [0, 0.1) is 6.92 Å². The van der Waals surface area contributed by atoms with Crippen LogP contribution in [0.3, 0.4) is 0 Å². The first-order chi connectivity index (χ1) is 14.2. The monoisotopic (exact) mass is 421 g/mol. The second kappa shape index (κ2) is 8.98. The summed E-state index contributed by atoms with van der Waals surface area (Å²) in [6, 6.07) is 15.6. The van der Waals surface area contributed by atoms with E-state index in [9.17, 15) is 4.79 Å². The van der Waals surface area contributed by atoms with E-state index in [1.165, 1.54) is 16.9 Å². The molecule has 2 aromatic heterocycles. The highest BCUT2D eigenvalue weighted by Gasteiger charge is 2.09. The van der Waals surface area contributed by atoms with E-state index in [1.807, 2.05) is 66.2 Å². The van der Waals surface area contributed by atoms with Gasteiger partial charge < -0.3 is 10.1 Å². The van der Waals surface area contributed by atoms with Crippen molar-refractivity contribution in [3.63, 3.8) is 0 Å². The van der Waals surface area contributed by atoms with Gasteiger partial charge in [-0.15, -0.1) is 22.7 Å². The number of aryl methyl sites for hydroxylation is 1. The molecule has 29 heavy (non-hydrogen) atoms. The van der Waals surface area contributed by atoms with Gasteiger partial charge in [-0.1, -0.05) is 17.7 Å². The number of thiazole rings is 2. The number of anilines is 1. The number of nitrogens with one attached hydrogen (secondary N) is 1. The molecule has 4 rings (SSSR count). The van der Waals surface area contributed by atoms with E-state index < -0.39 is 0 Å². The average Bonchev–Trinajstić information content (AvgIpc) is 3.40. The molecule has 0 aliphatic rings. The van der Waals surface area contributed by atoms with Gasteiger partial charge in [-0.3, -0.25) is 4.79 Å². The molecule has 0 fully saturated rings. The van der Waals surface area contributed by atoms with Crippen molar-refractivity contribution in [3.05, 3.63) is 81.8 Å². The fraction of sp³-hybridized carbons (Fsp3) is 0.136. The van der Waals surface area contributed by atoms with Crippen molar-refractivity contribution in [2.45, 2.75) is 20.0 Å². The van der Waals surface area contributed by atoms with Crippen LogP contribution in [0.5, 0.6) is 5.75 Å². The van der Waals surface area contributed by atoms with Crippen molar-refractivity contribution in [2.24, 2.45) is 0 Å². The minimum absolute atomic E-state index is 0.0942. The van der Waals surface area contributed by atoms with Gasteiger partial charge in [0.25, 0.3) is 0 Å². The van der Waals surface area contributed by atoms with E-state index in [0.717, 1.165) is 32.7 Å². The Hall–Kier alpha value is -3.03. The maximum Gasteiger partial charge on any atom is 0.230 e. The van der Waals surface area contributed by atoms with E-state index in [2.05, 4.69) is 15.3 Å². The van der Waals surface area contributed by atoms with Crippen LogP contribution in [0.25, 0.3) is 10.6 Å². The number of carbonyl (C=O) groups is 1. The highest BCUT2D eigenvalue weighted by atomic mass is 32.1. The number of ether oxygens (including phenoxy) is 1. The molecule has 7 heteroatoms. The van der Waals surface area contributed by atoms with Crippen molar-refractivity contribution < 1.29 is 9.53 Å². The van der Waals surface area contributed by atoms with Gasteiger partial charge in [0.2, 0.25) is 5.91 Å². The van der Waals surface area contributed by atoms with Gasteiger partial charge in [-0.25, -0.2) is 9.97 Å². The normalized spacial score (nSPS) is 10.7. The van der Waals surface area contributed by atoms with Crippen molar-refractivity contribution >= 4 is 34.3 Å². The van der Waals surface area contributed by atoms with Crippen LogP contribution in [-0.2, 0) is 17.8 Å². The lowest BCUT2D eigenvalue weighted by molar-refractivity contribution is -0.115. The zero-order valence-electron chi connectivity index (χ0n) is 15.8. The minimum atomic E-state index is -0.0942. The second-order valence-corrected chi connectivity index (χ2v) is 8.31. The zero-order chi connectivity index (χ0) is 20.1. The smallest absolute Gasteiger partial charge is 0.230 e. The van der Waals surface area contributed by atoms with Crippen molar-refractivity contribution in [1.82, 2.24) is 9.97 Å². The van der Waals surface area contributed by atoms with Gasteiger partial charge in [0, 0.05) is 28.2 Å². The summed E-state index contributed by atoms with van der Waals surface area (Å²) in [6.07, 6.45) is 2.01. The largest absolute Gasteiger partial charge is 0.486 e. The second-order valence-electron chi connectivity index (χ2n) is 6.47. The molecule has 0 spiro atoms.